The third-order valence-corrected chi connectivity index (χ3v) is 3.93. The fourth-order valence-electron chi connectivity index (χ4n) is 2.60. The molecule has 0 aromatic heterocycles. The monoisotopic (exact) mass is 319 g/mol. The van der Waals surface area contributed by atoms with Gasteiger partial charge in [-0.2, -0.15) is 10.4 Å². The Morgan fingerprint density at radius 3 is 2.71 bits per heavy atom. The van der Waals surface area contributed by atoms with E-state index in [1.54, 1.807) is 31.2 Å². The van der Waals surface area contributed by atoms with Gasteiger partial charge in [0, 0.05) is 5.56 Å². The maximum absolute atomic E-state index is 12.1. The molecular weight excluding hydrogens is 302 g/mol. The van der Waals surface area contributed by atoms with E-state index in [-0.39, 0.29) is 5.91 Å². The molecule has 1 aliphatic carbocycles. The molecule has 5 heteroatoms. The predicted molar refractivity (Wildman–Crippen MR) is 90.7 cm³/mol. The molecule has 0 spiro atoms. The minimum Gasteiger partial charge on any atom is -0.481 e. The molecule has 0 saturated carbocycles. The number of fused-ring (bicyclic) bond motifs is 1. The van der Waals surface area contributed by atoms with Gasteiger partial charge in [0.05, 0.1) is 17.3 Å². The number of benzene rings is 2. The van der Waals surface area contributed by atoms with E-state index in [0.717, 1.165) is 24.1 Å². The van der Waals surface area contributed by atoms with Crippen LogP contribution >= 0.6 is 0 Å². The van der Waals surface area contributed by atoms with Gasteiger partial charge in [0.1, 0.15) is 5.75 Å². The van der Waals surface area contributed by atoms with Gasteiger partial charge in [-0.05, 0) is 49.6 Å². The van der Waals surface area contributed by atoms with Crippen molar-refractivity contribution in [2.45, 2.75) is 25.9 Å². The summed E-state index contributed by atoms with van der Waals surface area (Å²) in [6, 6.07) is 16.7. The highest BCUT2D eigenvalue weighted by molar-refractivity contribution is 6.04. The molecule has 2 aromatic carbocycles. The van der Waals surface area contributed by atoms with Crippen molar-refractivity contribution >= 4 is 11.6 Å². The quantitative estimate of drug-likeness (QED) is 0.881. The number of amides is 1. The Hall–Kier alpha value is -3.13. The van der Waals surface area contributed by atoms with Crippen LogP contribution in [-0.2, 0) is 11.2 Å². The van der Waals surface area contributed by atoms with Gasteiger partial charge >= 0.3 is 0 Å². The lowest BCUT2D eigenvalue weighted by Gasteiger charge is -2.13. The normalized spacial score (nSPS) is 15.4. The van der Waals surface area contributed by atoms with Crippen molar-refractivity contribution in [3.8, 4) is 11.8 Å². The number of nitrogens with one attached hydrogen (secondary N) is 1. The molecule has 1 aliphatic rings. The molecule has 0 aliphatic heterocycles. The van der Waals surface area contributed by atoms with Crippen LogP contribution in [-0.4, -0.2) is 17.7 Å². The summed E-state index contributed by atoms with van der Waals surface area (Å²) in [5.74, 6) is 0.228. The summed E-state index contributed by atoms with van der Waals surface area (Å²) in [5.41, 5.74) is 6.37. The van der Waals surface area contributed by atoms with Crippen LogP contribution < -0.4 is 10.2 Å². The van der Waals surface area contributed by atoms with Crippen LogP contribution in [0.2, 0.25) is 0 Å². The largest absolute Gasteiger partial charge is 0.481 e. The first kappa shape index (κ1) is 15.8. The molecule has 1 N–H and O–H groups in total. The predicted octanol–water partition coefficient (Wildman–Crippen LogP) is 2.79. The first-order chi connectivity index (χ1) is 11.7. The molecule has 3 rings (SSSR count). The highest BCUT2D eigenvalue weighted by Crippen LogP contribution is 2.21. The van der Waals surface area contributed by atoms with E-state index in [1.165, 1.54) is 5.56 Å². The van der Waals surface area contributed by atoms with Gasteiger partial charge < -0.3 is 4.74 Å². The van der Waals surface area contributed by atoms with Gasteiger partial charge in [0.15, 0.2) is 6.10 Å². The molecule has 1 atom stereocenters. The SMILES string of the molecule is CC(Oc1ccc(C#N)cc1)C(=O)N/N=C1\CCc2ccccc21. The fraction of sp³-hybridized carbons (Fsp3) is 0.211. The molecular formula is C19H17N3O2. The van der Waals surface area contributed by atoms with Crippen LogP contribution in [0.3, 0.4) is 0 Å². The number of aryl methyl sites for hydroxylation is 1. The summed E-state index contributed by atoms with van der Waals surface area (Å²) >= 11 is 0. The van der Waals surface area contributed by atoms with Crippen LogP contribution in [0.15, 0.2) is 53.6 Å². The van der Waals surface area contributed by atoms with E-state index in [2.05, 4.69) is 16.6 Å². The van der Waals surface area contributed by atoms with E-state index < -0.39 is 6.10 Å². The molecule has 1 amide bonds. The van der Waals surface area contributed by atoms with Gasteiger partial charge in [-0.1, -0.05) is 24.3 Å². The number of hydrazone groups is 1. The molecule has 5 nitrogen and oxygen atoms in total. The zero-order chi connectivity index (χ0) is 16.9. The molecule has 24 heavy (non-hydrogen) atoms. The van der Waals surface area contributed by atoms with Crippen molar-refractivity contribution in [2.24, 2.45) is 5.10 Å². The van der Waals surface area contributed by atoms with Crippen molar-refractivity contribution in [1.29, 1.82) is 5.26 Å². The van der Waals surface area contributed by atoms with Gasteiger partial charge in [0.25, 0.3) is 5.91 Å². The van der Waals surface area contributed by atoms with Crippen LogP contribution in [0.1, 0.15) is 30.0 Å². The fourth-order valence-corrected chi connectivity index (χ4v) is 2.60. The summed E-state index contributed by atoms with van der Waals surface area (Å²) in [7, 11) is 0. The van der Waals surface area contributed by atoms with Gasteiger partial charge in [-0.3, -0.25) is 4.79 Å². The Labute approximate surface area is 140 Å². The summed E-state index contributed by atoms with van der Waals surface area (Å²) in [5, 5.41) is 13.0. The zero-order valence-corrected chi connectivity index (χ0v) is 13.3. The van der Waals surface area contributed by atoms with Crippen LogP contribution in [0.25, 0.3) is 0 Å². The highest BCUT2D eigenvalue weighted by atomic mass is 16.5. The second-order valence-electron chi connectivity index (χ2n) is 5.59. The number of ether oxygens (including phenoxy) is 1. The summed E-state index contributed by atoms with van der Waals surface area (Å²) < 4.78 is 5.57. The number of carbonyl (C=O) groups excluding carboxylic acids is 1. The Morgan fingerprint density at radius 2 is 1.96 bits per heavy atom. The average Bonchev–Trinajstić information content (AvgIpc) is 3.03. The molecule has 120 valence electrons. The molecule has 0 radical (unpaired) electrons. The number of nitriles is 1. The van der Waals surface area contributed by atoms with E-state index in [4.69, 9.17) is 10.00 Å². The minimum atomic E-state index is -0.682. The molecule has 0 bridgehead atoms. The van der Waals surface area contributed by atoms with Gasteiger partial charge in [0.2, 0.25) is 0 Å². The molecule has 0 heterocycles. The average molecular weight is 319 g/mol. The smallest absolute Gasteiger partial charge is 0.280 e. The summed E-state index contributed by atoms with van der Waals surface area (Å²) in [4.78, 5) is 12.1. The Balaban J connectivity index is 1.60. The van der Waals surface area contributed by atoms with Crippen molar-refractivity contribution in [3.63, 3.8) is 0 Å². The molecule has 1 unspecified atom stereocenters. The molecule has 0 saturated heterocycles. The lowest BCUT2D eigenvalue weighted by molar-refractivity contribution is -0.127. The third-order valence-electron chi connectivity index (χ3n) is 3.93. The lowest BCUT2D eigenvalue weighted by atomic mass is 10.1. The van der Waals surface area contributed by atoms with Crippen molar-refractivity contribution < 1.29 is 9.53 Å². The topological polar surface area (TPSA) is 74.5 Å². The number of rotatable bonds is 4. The van der Waals surface area contributed by atoms with E-state index in [0.29, 0.717) is 11.3 Å². The van der Waals surface area contributed by atoms with Crippen LogP contribution in [0.4, 0.5) is 0 Å². The van der Waals surface area contributed by atoms with Crippen molar-refractivity contribution in [2.75, 3.05) is 0 Å². The standard InChI is InChI=1S/C19H17N3O2/c1-13(24-16-9-6-14(12-20)7-10-16)19(23)22-21-18-11-8-15-4-2-3-5-17(15)18/h2-7,9-10,13H,8,11H2,1H3,(H,22,23)/b21-18+. The van der Waals surface area contributed by atoms with E-state index in [1.807, 2.05) is 24.3 Å². The second-order valence-corrected chi connectivity index (χ2v) is 5.59. The minimum absolute atomic E-state index is 0.309. The Bertz CT molecular complexity index is 819. The first-order valence-corrected chi connectivity index (χ1v) is 7.79. The second kappa shape index (κ2) is 6.97. The number of hydrogen-bond donors (Lipinski definition) is 1. The maximum atomic E-state index is 12.1. The maximum Gasteiger partial charge on any atom is 0.280 e. The summed E-state index contributed by atoms with van der Waals surface area (Å²) in [6.45, 7) is 1.66. The number of nitrogens with zero attached hydrogens (tertiary/aromatic N) is 2. The number of hydrogen-bond acceptors (Lipinski definition) is 4. The van der Waals surface area contributed by atoms with E-state index >= 15 is 0 Å². The molecule has 0 fully saturated rings. The zero-order valence-electron chi connectivity index (χ0n) is 13.3. The van der Waals surface area contributed by atoms with Crippen LogP contribution in [0, 0.1) is 11.3 Å². The lowest BCUT2D eigenvalue weighted by Crippen LogP contribution is -2.34. The third kappa shape index (κ3) is 3.44. The summed E-state index contributed by atoms with van der Waals surface area (Å²) in [6.07, 6.45) is 1.09. The Morgan fingerprint density at radius 1 is 1.21 bits per heavy atom. The van der Waals surface area contributed by atoms with Gasteiger partial charge in [-0.25, -0.2) is 5.43 Å². The highest BCUT2D eigenvalue weighted by Gasteiger charge is 2.19. The first-order valence-electron chi connectivity index (χ1n) is 7.79. The van der Waals surface area contributed by atoms with Crippen LogP contribution in [0.5, 0.6) is 5.75 Å². The van der Waals surface area contributed by atoms with E-state index in [9.17, 15) is 4.79 Å². The van der Waals surface area contributed by atoms with Crippen molar-refractivity contribution in [3.05, 3.63) is 65.2 Å². The van der Waals surface area contributed by atoms with Gasteiger partial charge in [-0.15, -0.1) is 0 Å². The molecule has 2 aromatic rings. The number of carbonyl (C=O) groups is 1. The Kier molecular flexibility index (Phi) is 4.57. The van der Waals surface area contributed by atoms with Crippen molar-refractivity contribution in [1.82, 2.24) is 5.43 Å².